The fourth-order valence-corrected chi connectivity index (χ4v) is 3.27. The van der Waals surface area contributed by atoms with E-state index in [4.69, 9.17) is 10.8 Å². The topological polar surface area (TPSA) is 43.8 Å². The second kappa shape index (κ2) is 5.41. The van der Waals surface area contributed by atoms with Crippen LogP contribution in [-0.2, 0) is 19.3 Å². The summed E-state index contributed by atoms with van der Waals surface area (Å²) in [4.78, 5) is 0. The molecule has 0 saturated carbocycles. The predicted molar refractivity (Wildman–Crippen MR) is 81.7 cm³/mol. The molecular formula is C17H23N3. The zero-order chi connectivity index (χ0) is 14.1. The van der Waals surface area contributed by atoms with Gasteiger partial charge >= 0.3 is 0 Å². The zero-order valence-corrected chi connectivity index (χ0v) is 12.3. The minimum absolute atomic E-state index is 0.0508. The number of hydrogen-bond donors (Lipinski definition) is 1. The number of nitrogens with zero attached hydrogens (tertiary/aromatic N) is 2. The molecule has 1 aromatic carbocycles. The summed E-state index contributed by atoms with van der Waals surface area (Å²) < 4.78 is 2.19. The summed E-state index contributed by atoms with van der Waals surface area (Å²) in [6, 6.07) is 11.1. The van der Waals surface area contributed by atoms with Crippen molar-refractivity contribution in [3.8, 4) is 0 Å². The largest absolute Gasteiger partial charge is 0.322 e. The molecule has 0 amide bonds. The monoisotopic (exact) mass is 269 g/mol. The number of hydrogen-bond acceptors (Lipinski definition) is 2. The van der Waals surface area contributed by atoms with Crippen LogP contribution in [0, 0.1) is 0 Å². The highest BCUT2D eigenvalue weighted by molar-refractivity contribution is 5.33. The van der Waals surface area contributed by atoms with Crippen molar-refractivity contribution in [3.05, 3.63) is 52.8 Å². The first kappa shape index (κ1) is 13.4. The van der Waals surface area contributed by atoms with Crippen LogP contribution in [0.15, 0.2) is 30.3 Å². The first-order valence-corrected chi connectivity index (χ1v) is 7.65. The van der Waals surface area contributed by atoms with Crippen molar-refractivity contribution in [3.63, 3.8) is 0 Å². The average Bonchev–Trinajstić information content (AvgIpc) is 2.91. The van der Waals surface area contributed by atoms with Gasteiger partial charge in [-0.2, -0.15) is 5.10 Å². The summed E-state index contributed by atoms with van der Waals surface area (Å²) >= 11 is 0. The SMILES string of the molecule is CCc1cc(CC)n(C2CCc3ccccc3C2N)n1. The Kier molecular flexibility index (Phi) is 3.62. The van der Waals surface area contributed by atoms with Crippen molar-refractivity contribution in [1.29, 1.82) is 0 Å². The van der Waals surface area contributed by atoms with Crippen LogP contribution in [0.25, 0.3) is 0 Å². The van der Waals surface area contributed by atoms with E-state index >= 15 is 0 Å². The van der Waals surface area contributed by atoms with E-state index in [1.807, 2.05) is 0 Å². The van der Waals surface area contributed by atoms with Crippen LogP contribution < -0.4 is 5.73 Å². The molecule has 0 spiro atoms. The van der Waals surface area contributed by atoms with Gasteiger partial charge in [0.2, 0.25) is 0 Å². The third-order valence-electron chi connectivity index (χ3n) is 4.44. The smallest absolute Gasteiger partial charge is 0.0718 e. The maximum atomic E-state index is 6.54. The molecule has 1 heterocycles. The summed E-state index contributed by atoms with van der Waals surface area (Å²) in [5.41, 5.74) is 11.7. The summed E-state index contributed by atoms with van der Waals surface area (Å²) in [6.07, 6.45) is 4.17. The van der Waals surface area contributed by atoms with Crippen molar-refractivity contribution >= 4 is 0 Å². The lowest BCUT2D eigenvalue weighted by atomic mass is 9.84. The number of fused-ring (bicyclic) bond motifs is 1. The molecule has 0 saturated heterocycles. The van der Waals surface area contributed by atoms with Crippen molar-refractivity contribution in [1.82, 2.24) is 9.78 Å². The normalized spacial score (nSPS) is 21.8. The summed E-state index contributed by atoms with van der Waals surface area (Å²) in [5, 5.41) is 4.78. The Bertz CT molecular complexity index is 600. The van der Waals surface area contributed by atoms with Crippen LogP contribution in [0.3, 0.4) is 0 Å². The molecule has 1 aliphatic rings. The standard InChI is InChI=1S/C17H23N3/c1-3-13-11-14(4-2)20(19-13)16-10-9-12-7-5-6-8-15(12)17(16)18/h5-8,11,16-17H,3-4,9-10,18H2,1-2H3. The van der Waals surface area contributed by atoms with E-state index in [1.165, 1.54) is 22.5 Å². The fraction of sp³-hybridized carbons (Fsp3) is 0.471. The predicted octanol–water partition coefficient (Wildman–Crippen LogP) is 3.20. The van der Waals surface area contributed by atoms with E-state index < -0.39 is 0 Å². The number of benzene rings is 1. The van der Waals surface area contributed by atoms with Crippen molar-refractivity contribution < 1.29 is 0 Å². The van der Waals surface area contributed by atoms with E-state index in [0.29, 0.717) is 6.04 Å². The highest BCUT2D eigenvalue weighted by Gasteiger charge is 2.29. The van der Waals surface area contributed by atoms with E-state index in [0.717, 1.165) is 25.7 Å². The second-order valence-corrected chi connectivity index (χ2v) is 5.61. The maximum Gasteiger partial charge on any atom is 0.0718 e. The quantitative estimate of drug-likeness (QED) is 0.930. The van der Waals surface area contributed by atoms with Gasteiger partial charge in [-0.15, -0.1) is 0 Å². The van der Waals surface area contributed by atoms with E-state index in [-0.39, 0.29) is 6.04 Å². The first-order chi connectivity index (χ1) is 9.74. The first-order valence-electron chi connectivity index (χ1n) is 7.65. The molecule has 3 rings (SSSR count). The Morgan fingerprint density at radius 3 is 2.80 bits per heavy atom. The molecular weight excluding hydrogens is 246 g/mol. The molecule has 106 valence electrons. The molecule has 1 aliphatic carbocycles. The Morgan fingerprint density at radius 1 is 1.25 bits per heavy atom. The molecule has 1 aromatic heterocycles. The Morgan fingerprint density at radius 2 is 2.05 bits per heavy atom. The molecule has 2 aromatic rings. The minimum Gasteiger partial charge on any atom is -0.322 e. The van der Waals surface area contributed by atoms with E-state index in [1.54, 1.807) is 0 Å². The highest BCUT2D eigenvalue weighted by atomic mass is 15.3. The molecule has 2 unspecified atom stereocenters. The Labute approximate surface area is 120 Å². The van der Waals surface area contributed by atoms with Gasteiger partial charge in [-0.3, -0.25) is 4.68 Å². The van der Waals surface area contributed by atoms with Crippen molar-refractivity contribution in [2.24, 2.45) is 5.73 Å². The van der Waals surface area contributed by atoms with Gasteiger partial charge < -0.3 is 5.73 Å². The zero-order valence-electron chi connectivity index (χ0n) is 12.3. The van der Waals surface area contributed by atoms with Crippen LogP contribution in [0.1, 0.15) is 54.9 Å². The molecule has 0 aliphatic heterocycles. The molecule has 20 heavy (non-hydrogen) atoms. The van der Waals surface area contributed by atoms with E-state index in [2.05, 4.69) is 48.9 Å². The fourth-order valence-electron chi connectivity index (χ4n) is 3.27. The number of aryl methyl sites for hydroxylation is 3. The summed E-state index contributed by atoms with van der Waals surface area (Å²) in [6.45, 7) is 4.34. The van der Waals surface area contributed by atoms with Crippen LogP contribution in [-0.4, -0.2) is 9.78 Å². The van der Waals surface area contributed by atoms with Gasteiger partial charge in [0, 0.05) is 5.69 Å². The molecule has 2 atom stereocenters. The van der Waals surface area contributed by atoms with E-state index in [9.17, 15) is 0 Å². The van der Waals surface area contributed by atoms with Crippen LogP contribution >= 0.6 is 0 Å². The maximum absolute atomic E-state index is 6.54. The summed E-state index contributed by atoms with van der Waals surface area (Å²) in [5.74, 6) is 0. The third-order valence-corrected chi connectivity index (χ3v) is 4.44. The molecule has 2 N–H and O–H groups in total. The third kappa shape index (κ3) is 2.16. The molecule has 0 fully saturated rings. The van der Waals surface area contributed by atoms with Gasteiger partial charge in [-0.05, 0) is 42.9 Å². The van der Waals surface area contributed by atoms with Gasteiger partial charge in [-0.25, -0.2) is 0 Å². The Hall–Kier alpha value is -1.61. The van der Waals surface area contributed by atoms with Gasteiger partial charge in [0.05, 0.1) is 17.8 Å². The minimum atomic E-state index is 0.0508. The van der Waals surface area contributed by atoms with Gasteiger partial charge in [-0.1, -0.05) is 38.1 Å². The Balaban J connectivity index is 1.98. The lowest BCUT2D eigenvalue weighted by Crippen LogP contribution is -2.31. The lowest BCUT2D eigenvalue weighted by molar-refractivity contribution is 0.333. The molecule has 3 heteroatoms. The van der Waals surface area contributed by atoms with Crippen molar-refractivity contribution in [2.45, 2.75) is 51.6 Å². The van der Waals surface area contributed by atoms with Crippen LogP contribution in [0.2, 0.25) is 0 Å². The second-order valence-electron chi connectivity index (χ2n) is 5.61. The highest BCUT2D eigenvalue weighted by Crippen LogP contribution is 2.36. The van der Waals surface area contributed by atoms with Gasteiger partial charge in [0.1, 0.15) is 0 Å². The lowest BCUT2D eigenvalue weighted by Gasteiger charge is -2.32. The average molecular weight is 269 g/mol. The number of nitrogens with two attached hydrogens (primary N) is 1. The van der Waals surface area contributed by atoms with Crippen LogP contribution in [0.5, 0.6) is 0 Å². The number of aromatic nitrogens is 2. The molecule has 0 bridgehead atoms. The molecule has 3 nitrogen and oxygen atoms in total. The van der Waals surface area contributed by atoms with Crippen molar-refractivity contribution in [2.75, 3.05) is 0 Å². The summed E-state index contributed by atoms with van der Waals surface area (Å²) in [7, 11) is 0. The van der Waals surface area contributed by atoms with Gasteiger partial charge in [0.25, 0.3) is 0 Å². The molecule has 0 radical (unpaired) electrons. The van der Waals surface area contributed by atoms with Crippen LogP contribution in [0.4, 0.5) is 0 Å². The van der Waals surface area contributed by atoms with Gasteiger partial charge in [0.15, 0.2) is 0 Å². The number of rotatable bonds is 3.